The number of benzene rings is 2. The Morgan fingerprint density at radius 2 is 1.07 bits per heavy atom. The third-order valence-electron chi connectivity index (χ3n) is 8.55. The van der Waals surface area contributed by atoms with Gasteiger partial charge in [0.2, 0.25) is 0 Å². The molecule has 244 valence electrons. The predicted octanol–water partition coefficient (Wildman–Crippen LogP) is 7.58. The first-order chi connectivity index (χ1) is 22.2. The van der Waals surface area contributed by atoms with Gasteiger partial charge < -0.3 is 39.1 Å². The Hall–Kier alpha value is -4.86. The summed E-state index contributed by atoms with van der Waals surface area (Å²) in [6, 6.07) is 22.8. The predicted molar refractivity (Wildman–Crippen MR) is 183 cm³/mol. The molecule has 10 heteroatoms. The summed E-state index contributed by atoms with van der Waals surface area (Å²) in [5, 5.41) is 6.16. The first-order valence-corrected chi connectivity index (χ1v) is 15.9. The summed E-state index contributed by atoms with van der Waals surface area (Å²) in [4.78, 5) is 34.9. The lowest BCUT2D eigenvalue weighted by molar-refractivity contribution is 0.146. The van der Waals surface area contributed by atoms with Crippen molar-refractivity contribution in [2.45, 2.75) is 38.8 Å². The van der Waals surface area contributed by atoms with E-state index >= 15 is 0 Å². The SMILES string of the molecule is CN(C)c1ccc(NC(=O)N(Cc2ccco2)CC2CCCC(CN(Cc3ccco3)C(=O)Nc3ccc(N(C)C)cc3)C2)cc1. The maximum Gasteiger partial charge on any atom is 0.322 e. The van der Waals surface area contributed by atoms with Crippen molar-refractivity contribution in [3.63, 3.8) is 0 Å². The summed E-state index contributed by atoms with van der Waals surface area (Å²) in [7, 11) is 7.96. The maximum absolute atomic E-state index is 13.6. The summed E-state index contributed by atoms with van der Waals surface area (Å²) in [6.07, 6.45) is 7.28. The van der Waals surface area contributed by atoms with Crippen LogP contribution in [0.25, 0.3) is 0 Å². The van der Waals surface area contributed by atoms with E-state index in [2.05, 4.69) is 10.6 Å². The molecule has 4 amide bonds. The standard InChI is InChI=1S/C36H46N6O4/c1-39(2)31-16-12-29(13-17-31)37-35(43)41(25-33-10-6-20-45-33)23-27-8-5-9-28(22-27)24-42(26-34-11-7-21-46-34)36(44)38-30-14-18-32(19-15-30)40(3)4/h6-7,10-21,27-28H,5,8-9,22-26H2,1-4H3,(H,37,43)(H,38,44). The van der Waals surface area contributed by atoms with Crippen LogP contribution in [0.15, 0.2) is 94.2 Å². The lowest BCUT2D eigenvalue weighted by atomic mass is 9.81. The van der Waals surface area contributed by atoms with E-state index in [1.54, 1.807) is 12.5 Å². The van der Waals surface area contributed by atoms with Crippen LogP contribution >= 0.6 is 0 Å². The second-order valence-electron chi connectivity index (χ2n) is 12.6. The van der Waals surface area contributed by atoms with Gasteiger partial charge >= 0.3 is 12.1 Å². The Morgan fingerprint density at radius 3 is 1.41 bits per heavy atom. The molecule has 46 heavy (non-hydrogen) atoms. The zero-order valence-corrected chi connectivity index (χ0v) is 27.3. The third-order valence-corrected chi connectivity index (χ3v) is 8.55. The van der Waals surface area contributed by atoms with Crippen molar-refractivity contribution >= 4 is 34.8 Å². The molecule has 2 unspecified atom stereocenters. The van der Waals surface area contributed by atoms with Gasteiger partial charge in [0.1, 0.15) is 11.5 Å². The van der Waals surface area contributed by atoms with Gasteiger partial charge in [-0.3, -0.25) is 0 Å². The molecule has 0 saturated heterocycles. The van der Waals surface area contributed by atoms with Crippen molar-refractivity contribution in [1.29, 1.82) is 0 Å². The lowest BCUT2D eigenvalue weighted by Gasteiger charge is -2.35. The highest BCUT2D eigenvalue weighted by molar-refractivity contribution is 5.90. The van der Waals surface area contributed by atoms with Crippen LogP contribution in [-0.2, 0) is 13.1 Å². The topological polar surface area (TPSA) is 97.4 Å². The average molecular weight is 627 g/mol. The highest BCUT2D eigenvalue weighted by Crippen LogP contribution is 2.32. The highest BCUT2D eigenvalue weighted by Gasteiger charge is 2.29. The minimum atomic E-state index is -0.157. The zero-order chi connectivity index (χ0) is 32.5. The van der Waals surface area contributed by atoms with E-state index in [0.717, 1.165) is 60.0 Å². The van der Waals surface area contributed by atoms with Gasteiger partial charge in [0.15, 0.2) is 0 Å². The molecule has 1 fully saturated rings. The summed E-state index contributed by atoms with van der Waals surface area (Å²) >= 11 is 0. The number of carbonyl (C=O) groups excluding carboxylic acids is 2. The molecule has 0 bridgehead atoms. The van der Waals surface area contributed by atoms with E-state index in [1.807, 2.05) is 121 Å². The van der Waals surface area contributed by atoms with Gasteiger partial charge in [-0.25, -0.2) is 9.59 Å². The monoisotopic (exact) mass is 626 g/mol. The fraction of sp³-hybridized carbons (Fsp3) is 0.389. The van der Waals surface area contributed by atoms with Gasteiger partial charge in [-0.1, -0.05) is 6.42 Å². The number of rotatable bonds is 12. The van der Waals surface area contributed by atoms with Crippen molar-refractivity contribution in [3.8, 4) is 0 Å². The third kappa shape index (κ3) is 9.09. The van der Waals surface area contributed by atoms with Crippen LogP contribution in [0.5, 0.6) is 0 Å². The van der Waals surface area contributed by atoms with E-state index in [0.29, 0.717) is 38.0 Å². The number of amides is 4. The second-order valence-corrected chi connectivity index (χ2v) is 12.6. The molecular weight excluding hydrogens is 580 g/mol. The maximum atomic E-state index is 13.6. The summed E-state index contributed by atoms with van der Waals surface area (Å²) < 4.78 is 11.2. The minimum Gasteiger partial charge on any atom is -0.467 e. The van der Waals surface area contributed by atoms with Crippen molar-refractivity contribution < 1.29 is 18.4 Å². The number of furan rings is 2. The number of anilines is 4. The second kappa shape index (κ2) is 15.4. The lowest BCUT2D eigenvalue weighted by Crippen LogP contribution is -2.42. The molecule has 2 N–H and O–H groups in total. The Kier molecular flexibility index (Phi) is 10.9. The van der Waals surface area contributed by atoms with E-state index in [9.17, 15) is 9.59 Å². The van der Waals surface area contributed by atoms with E-state index < -0.39 is 0 Å². The van der Waals surface area contributed by atoms with Gasteiger partial charge in [-0.05, 0) is 104 Å². The molecule has 2 aromatic heterocycles. The number of hydrogen-bond acceptors (Lipinski definition) is 6. The van der Waals surface area contributed by atoms with E-state index in [4.69, 9.17) is 8.83 Å². The molecule has 10 nitrogen and oxygen atoms in total. The molecule has 2 aromatic carbocycles. The Morgan fingerprint density at radius 1 is 0.652 bits per heavy atom. The fourth-order valence-corrected chi connectivity index (χ4v) is 6.07. The molecule has 2 atom stereocenters. The highest BCUT2D eigenvalue weighted by atomic mass is 16.3. The quantitative estimate of drug-likeness (QED) is 0.168. The molecule has 1 saturated carbocycles. The van der Waals surface area contributed by atoms with Crippen LogP contribution in [0.4, 0.5) is 32.3 Å². The Labute approximate surface area is 271 Å². The number of urea groups is 2. The van der Waals surface area contributed by atoms with Crippen molar-refractivity contribution in [2.24, 2.45) is 11.8 Å². The number of hydrogen-bond donors (Lipinski definition) is 2. The van der Waals surface area contributed by atoms with Crippen molar-refractivity contribution in [3.05, 3.63) is 96.8 Å². The van der Waals surface area contributed by atoms with Gasteiger partial charge in [0, 0.05) is 64.0 Å². The van der Waals surface area contributed by atoms with Crippen LogP contribution in [0.2, 0.25) is 0 Å². The van der Waals surface area contributed by atoms with Gasteiger partial charge in [-0.15, -0.1) is 0 Å². The first-order valence-electron chi connectivity index (χ1n) is 15.9. The Balaban J connectivity index is 1.24. The van der Waals surface area contributed by atoms with Crippen LogP contribution < -0.4 is 20.4 Å². The van der Waals surface area contributed by atoms with Crippen molar-refractivity contribution in [1.82, 2.24) is 9.80 Å². The first kappa shape index (κ1) is 32.5. The molecule has 2 heterocycles. The van der Waals surface area contributed by atoms with Crippen molar-refractivity contribution in [2.75, 3.05) is 61.7 Å². The molecule has 1 aliphatic carbocycles. The smallest absolute Gasteiger partial charge is 0.322 e. The van der Waals surface area contributed by atoms with Gasteiger partial charge in [0.25, 0.3) is 0 Å². The molecule has 0 aliphatic heterocycles. The van der Waals surface area contributed by atoms with Crippen LogP contribution in [-0.4, -0.2) is 63.1 Å². The fourth-order valence-electron chi connectivity index (χ4n) is 6.07. The molecular formula is C36H46N6O4. The van der Waals surface area contributed by atoms with Gasteiger partial charge in [0.05, 0.1) is 25.6 Å². The zero-order valence-electron chi connectivity index (χ0n) is 27.3. The number of nitrogens with zero attached hydrogens (tertiary/aromatic N) is 4. The molecule has 1 aliphatic rings. The van der Waals surface area contributed by atoms with E-state index in [1.165, 1.54) is 0 Å². The average Bonchev–Trinajstić information content (AvgIpc) is 3.76. The van der Waals surface area contributed by atoms with Crippen LogP contribution in [0.3, 0.4) is 0 Å². The molecule has 5 rings (SSSR count). The van der Waals surface area contributed by atoms with Gasteiger partial charge in [-0.2, -0.15) is 0 Å². The largest absolute Gasteiger partial charge is 0.467 e. The van der Waals surface area contributed by atoms with E-state index in [-0.39, 0.29) is 12.1 Å². The summed E-state index contributed by atoms with van der Waals surface area (Å²) in [5.74, 6) is 2.07. The molecule has 0 spiro atoms. The molecule has 0 radical (unpaired) electrons. The Bertz CT molecular complexity index is 1390. The van der Waals surface area contributed by atoms with Crippen LogP contribution in [0, 0.1) is 11.8 Å². The summed E-state index contributed by atoms with van der Waals surface area (Å²) in [5.41, 5.74) is 3.63. The summed E-state index contributed by atoms with van der Waals surface area (Å²) in [6.45, 7) is 1.97. The normalized spacial score (nSPS) is 16.0. The van der Waals surface area contributed by atoms with Crippen LogP contribution in [0.1, 0.15) is 37.2 Å². The number of nitrogens with one attached hydrogen (secondary N) is 2. The molecule has 4 aromatic rings. The minimum absolute atomic E-state index is 0.157. The number of carbonyl (C=O) groups is 2.